The summed E-state index contributed by atoms with van der Waals surface area (Å²) in [7, 11) is 1.33. The number of rotatable bonds is 6. The molecule has 1 heterocycles. The van der Waals surface area contributed by atoms with Gasteiger partial charge < -0.3 is 20.3 Å². The maximum Gasteiger partial charge on any atom is 0.310 e. The second-order valence-electron chi connectivity index (χ2n) is 7.20. The number of hydrogen-bond donors (Lipinski definition) is 3. The van der Waals surface area contributed by atoms with Crippen molar-refractivity contribution < 1.29 is 18.8 Å². The molecule has 0 aliphatic heterocycles. The number of nitrogens with zero attached hydrogens (tertiary/aromatic N) is 1. The van der Waals surface area contributed by atoms with Gasteiger partial charge in [-0.1, -0.05) is 55.8 Å². The van der Waals surface area contributed by atoms with Crippen LogP contribution in [0, 0.1) is 11.3 Å². The van der Waals surface area contributed by atoms with E-state index < -0.39 is 11.8 Å². The molecule has 8 heteroatoms. The summed E-state index contributed by atoms with van der Waals surface area (Å²) in [6.07, 6.45) is 1.25. The lowest BCUT2D eigenvalue weighted by molar-refractivity contribution is -0.145. The van der Waals surface area contributed by atoms with Crippen LogP contribution in [0.4, 0.5) is 0 Å². The maximum absolute atomic E-state index is 12.4. The van der Waals surface area contributed by atoms with Crippen molar-refractivity contribution in [2.24, 2.45) is 11.7 Å². The van der Waals surface area contributed by atoms with E-state index in [4.69, 9.17) is 20.4 Å². The molecule has 0 spiro atoms. The topological polar surface area (TPSA) is 131 Å². The number of carbonyl (C=O) groups excluding carboxylic acids is 2. The zero-order valence-electron chi connectivity index (χ0n) is 19.6. The molecular weight excluding hydrogens is 396 g/mol. The van der Waals surface area contributed by atoms with Gasteiger partial charge in [-0.05, 0) is 27.7 Å². The number of nitrogens with one attached hydrogen (secondary N) is 2. The van der Waals surface area contributed by atoms with Gasteiger partial charge in [0.15, 0.2) is 0 Å². The number of methoxy groups -OCH3 is 1. The molecular formula is C23H36N4O4. The van der Waals surface area contributed by atoms with Crippen molar-refractivity contribution in [3.05, 3.63) is 42.2 Å². The summed E-state index contributed by atoms with van der Waals surface area (Å²) in [5.41, 5.74) is 6.30. The highest BCUT2D eigenvalue weighted by Gasteiger charge is 2.26. The van der Waals surface area contributed by atoms with E-state index in [1.54, 1.807) is 26.8 Å². The SMILES string of the molecule is CC(=N)N.CCC.COC(=O)C(C)C(C)NC(=O)C(C)c1cc(-c2ccccc2)no1. The van der Waals surface area contributed by atoms with Crippen LogP contribution < -0.4 is 11.1 Å². The number of nitrogens with two attached hydrogens (primary N) is 1. The van der Waals surface area contributed by atoms with Gasteiger partial charge in [-0.2, -0.15) is 0 Å². The molecule has 2 rings (SSSR count). The number of ether oxygens (including phenoxy) is 1. The largest absolute Gasteiger partial charge is 0.469 e. The monoisotopic (exact) mass is 432 g/mol. The summed E-state index contributed by atoms with van der Waals surface area (Å²) in [5, 5.41) is 13.1. The maximum atomic E-state index is 12.4. The van der Waals surface area contributed by atoms with Crippen LogP contribution in [0.5, 0.6) is 0 Å². The number of carbonyl (C=O) groups is 2. The first kappa shape index (κ1) is 27.8. The third-order valence-corrected chi connectivity index (χ3v) is 4.11. The Bertz CT molecular complexity index is 801. The summed E-state index contributed by atoms with van der Waals surface area (Å²) in [4.78, 5) is 23.9. The molecule has 0 radical (unpaired) electrons. The first-order valence-electron chi connectivity index (χ1n) is 10.3. The van der Waals surface area contributed by atoms with E-state index in [-0.39, 0.29) is 23.8 Å². The van der Waals surface area contributed by atoms with E-state index in [0.717, 1.165) is 5.56 Å². The fraction of sp³-hybridized carbons (Fsp3) is 0.478. The molecule has 3 atom stereocenters. The Morgan fingerprint density at radius 2 is 1.71 bits per heavy atom. The van der Waals surface area contributed by atoms with Crippen molar-refractivity contribution in [1.82, 2.24) is 10.5 Å². The van der Waals surface area contributed by atoms with Crippen molar-refractivity contribution in [2.75, 3.05) is 7.11 Å². The highest BCUT2D eigenvalue weighted by Crippen LogP contribution is 2.23. The van der Waals surface area contributed by atoms with Crippen LogP contribution in [0.1, 0.15) is 59.6 Å². The van der Waals surface area contributed by atoms with Gasteiger partial charge in [-0.3, -0.25) is 15.0 Å². The molecule has 0 saturated heterocycles. The summed E-state index contributed by atoms with van der Waals surface area (Å²) < 4.78 is 10.0. The molecule has 8 nitrogen and oxygen atoms in total. The van der Waals surface area contributed by atoms with Crippen LogP contribution in [0.2, 0.25) is 0 Å². The number of esters is 1. The molecule has 31 heavy (non-hydrogen) atoms. The number of benzene rings is 1. The molecule has 4 N–H and O–H groups in total. The van der Waals surface area contributed by atoms with E-state index in [1.165, 1.54) is 20.5 Å². The molecule has 172 valence electrons. The fourth-order valence-corrected chi connectivity index (χ4v) is 2.23. The summed E-state index contributed by atoms with van der Waals surface area (Å²) in [5.74, 6) is -0.886. The van der Waals surface area contributed by atoms with Crippen LogP contribution in [0.25, 0.3) is 11.3 Å². The predicted molar refractivity (Wildman–Crippen MR) is 123 cm³/mol. The highest BCUT2D eigenvalue weighted by atomic mass is 16.5. The number of hydrogen-bond acceptors (Lipinski definition) is 6. The minimum Gasteiger partial charge on any atom is -0.469 e. The summed E-state index contributed by atoms with van der Waals surface area (Å²) in [6, 6.07) is 11.0. The van der Waals surface area contributed by atoms with Gasteiger partial charge in [0.2, 0.25) is 5.91 Å². The van der Waals surface area contributed by atoms with E-state index in [0.29, 0.717) is 11.5 Å². The Labute approximate surface area is 185 Å². The molecule has 0 bridgehead atoms. The van der Waals surface area contributed by atoms with Crippen LogP contribution >= 0.6 is 0 Å². The standard InChI is InChI=1S/C18H22N2O4.C3H8.C2H6N2/c1-11(18(22)23-4)13(3)19-17(21)12(2)16-10-15(20-24-16)14-8-6-5-7-9-14;1-3-2;1-2(3)4/h5-13H,1-4H3,(H,19,21);3H2,1-2H3;1H3,(H3,3,4). The van der Waals surface area contributed by atoms with Crippen LogP contribution in [-0.2, 0) is 14.3 Å². The predicted octanol–water partition coefficient (Wildman–Crippen LogP) is 4.12. The Balaban J connectivity index is 0.00000113. The first-order chi connectivity index (χ1) is 14.6. The smallest absolute Gasteiger partial charge is 0.310 e. The van der Waals surface area contributed by atoms with Crippen LogP contribution in [0.15, 0.2) is 40.9 Å². The van der Waals surface area contributed by atoms with Gasteiger partial charge in [0, 0.05) is 17.7 Å². The van der Waals surface area contributed by atoms with Gasteiger partial charge >= 0.3 is 5.97 Å². The zero-order chi connectivity index (χ0) is 24.0. The van der Waals surface area contributed by atoms with Gasteiger partial charge in [-0.15, -0.1) is 0 Å². The first-order valence-corrected chi connectivity index (χ1v) is 10.3. The number of amides is 1. The average Bonchev–Trinajstić information content (AvgIpc) is 3.23. The van der Waals surface area contributed by atoms with Crippen molar-refractivity contribution >= 4 is 17.7 Å². The lowest BCUT2D eigenvalue weighted by Gasteiger charge is -2.20. The van der Waals surface area contributed by atoms with E-state index in [2.05, 4.69) is 24.3 Å². The molecule has 1 aromatic carbocycles. The third kappa shape index (κ3) is 10.4. The van der Waals surface area contributed by atoms with Crippen molar-refractivity contribution in [2.45, 2.75) is 59.9 Å². The number of amidine groups is 1. The normalized spacial score (nSPS) is 12.6. The molecule has 3 unspecified atom stereocenters. The zero-order valence-corrected chi connectivity index (χ0v) is 19.6. The third-order valence-electron chi connectivity index (χ3n) is 4.11. The van der Waals surface area contributed by atoms with Crippen molar-refractivity contribution in [3.63, 3.8) is 0 Å². The Morgan fingerprint density at radius 1 is 1.19 bits per heavy atom. The number of aromatic nitrogens is 1. The Kier molecular flexibility index (Phi) is 13.3. The lowest BCUT2D eigenvalue weighted by atomic mass is 10.0. The van der Waals surface area contributed by atoms with E-state index in [1.807, 2.05) is 30.3 Å². The van der Waals surface area contributed by atoms with Gasteiger partial charge in [0.25, 0.3) is 0 Å². The minimum absolute atomic E-state index is 0.167. The molecule has 1 amide bonds. The van der Waals surface area contributed by atoms with E-state index in [9.17, 15) is 9.59 Å². The van der Waals surface area contributed by atoms with Gasteiger partial charge in [0.1, 0.15) is 11.5 Å². The van der Waals surface area contributed by atoms with Crippen LogP contribution in [-0.4, -0.2) is 36.0 Å². The highest BCUT2D eigenvalue weighted by molar-refractivity contribution is 5.84. The quantitative estimate of drug-likeness (QED) is 0.357. The molecule has 1 aromatic heterocycles. The van der Waals surface area contributed by atoms with E-state index >= 15 is 0 Å². The second-order valence-corrected chi connectivity index (χ2v) is 7.20. The van der Waals surface area contributed by atoms with Crippen molar-refractivity contribution in [1.29, 1.82) is 5.41 Å². The molecule has 2 aromatic rings. The lowest BCUT2D eigenvalue weighted by Crippen LogP contribution is -2.42. The summed E-state index contributed by atoms with van der Waals surface area (Å²) >= 11 is 0. The van der Waals surface area contributed by atoms with Crippen LogP contribution in [0.3, 0.4) is 0 Å². The van der Waals surface area contributed by atoms with Gasteiger partial charge in [-0.25, -0.2) is 0 Å². The molecule has 0 saturated carbocycles. The van der Waals surface area contributed by atoms with Crippen molar-refractivity contribution in [3.8, 4) is 11.3 Å². The molecule has 0 aliphatic rings. The minimum atomic E-state index is -0.512. The van der Waals surface area contributed by atoms with Gasteiger partial charge in [0.05, 0.1) is 24.8 Å². The molecule has 0 fully saturated rings. The Hall–Kier alpha value is -3.16. The molecule has 0 aliphatic carbocycles. The Morgan fingerprint density at radius 3 is 2.19 bits per heavy atom. The summed E-state index contributed by atoms with van der Waals surface area (Å²) in [6.45, 7) is 11.0. The second kappa shape index (κ2) is 14.8. The fourth-order valence-electron chi connectivity index (χ4n) is 2.23. The average molecular weight is 433 g/mol.